The lowest BCUT2D eigenvalue weighted by Gasteiger charge is -2.04. The molecule has 0 atom stereocenters. The number of rotatable bonds is 4. The van der Waals surface area contributed by atoms with Crippen molar-refractivity contribution in [2.45, 2.75) is 6.92 Å². The molecule has 0 aromatic heterocycles. The molecule has 0 radical (unpaired) electrons. The van der Waals surface area contributed by atoms with Gasteiger partial charge in [-0.25, -0.2) is 0 Å². The Labute approximate surface area is 132 Å². The summed E-state index contributed by atoms with van der Waals surface area (Å²) in [5.74, 6) is -0.391. The van der Waals surface area contributed by atoms with Crippen LogP contribution >= 0.6 is 11.6 Å². The molecule has 0 unspecified atom stereocenters. The van der Waals surface area contributed by atoms with Crippen LogP contribution in [0.15, 0.2) is 48.5 Å². The summed E-state index contributed by atoms with van der Waals surface area (Å²) in [4.78, 5) is 22.2. The van der Waals surface area contributed by atoms with Crippen molar-refractivity contribution in [2.24, 2.45) is 0 Å². The zero-order valence-electron chi connectivity index (χ0n) is 11.7. The standard InChI is InChI=1S/C16H13ClN2O3/c1-11-6-8-13(10-14(11)17)18-16(20)9-7-12-4-2-3-5-15(12)19(21)22/h2-10H,1H3,(H,18,20)/b9-7-. The van der Waals surface area contributed by atoms with Crippen LogP contribution in [0.4, 0.5) is 11.4 Å². The van der Waals surface area contributed by atoms with Gasteiger partial charge in [0.2, 0.25) is 5.91 Å². The van der Waals surface area contributed by atoms with Gasteiger partial charge in [-0.3, -0.25) is 14.9 Å². The van der Waals surface area contributed by atoms with Crippen LogP contribution in [0.2, 0.25) is 5.02 Å². The molecule has 1 amide bonds. The van der Waals surface area contributed by atoms with Crippen LogP contribution in [0, 0.1) is 17.0 Å². The maximum absolute atomic E-state index is 11.9. The van der Waals surface area contributed by atoms with Crippen LogP contribution in [0.1, 0.15) is 11.1 Å². The maximum Gasteiger partial charge on any atom is 0.276 e. The molecule has 0 saturated heterocycles. The van der Waals surface area contributed by atoms with E-state index in [9.17, 15) is 14.9 Å². The monoisotopic (exact) mass is 316 g/mol. The number of carbonyl (C=O) groups excluding carboxylic acids is 1. The Morgan fingerprint density at radius 3 is 2.68 bits per heavy atom. The first-order valence-electron chi connectivity index (χ1n) is 6.46. The van der Waals surface area contributed by atoms with Gasteiger partial charge in [-0.15, -0.1) is 0 Å². The zero-order valence-corrected chi connectivity index (χ0v) is 12.5. The second kappa shape index (κ2) is 6.87. The first-order chi connectivity index (χ1) is 10.5. The van der Waals surface area contributed by atoms with Crippen LogP contribution in [0.25, 0.3) is 6.08 Å². The van der Waals surface area contributed by atoms with E-state index in [1.165, 1.54) is 18.2 Å². The zero-order chi connectivity index (χ0) is 16.1. The lowest BCUT2D eigenvalue weighted by molar-refractivity contribution is -0.385. The molecule has 0 fully saturated rings. The molecule has 2 rings (SSSR count). The van der Waals surface area contributed by atoms with Crippen molar-refractivity contribution in [2.75, 3.05) is 5.32 Å². The van der Waals surface area contributed by atoms with Crippen LogP contribution in [0.3, 0.4) is 0 Å². The summed E-state index contributed by atoms with van der Waals surface area (Å²) in [6.07, 6.45) is 2.65. The van der Waals surface area contributed by atoms with Gasteiger partial charge in [-0.1, -0.05) is 29.8 Å². The van der Waals surface area contributed by atoms with Crippen LogP contribution in [-0.2, 0) is 4.79 Å². The van der Waals surface area contributed by atoms with Crippen molar-refractivity contribution in [3.05, 3.63) is 74.8 Å². The van der Waals surface area contributed by atoms with Crippen LogP contribution < -0.4 is 5.32 Å². The predicted octanol–water partition coefficient (Wildman–Crippen LogP) is 4.21. The number of nitrogens with zero attached hydrogens (tertiary/aromatic N) is 1. The van der Waals surface area contributed by atoms with Crippen LogP contribution in [-0.4, -0.2) is 10.8 Å². The molecule has 22 heavy (non-hydrogen) atoms. The van der Waals surface area contributed by atoms with E-state index in [-0.39, 0.29) is 5.69 Å². The molecule has 2 aromatic carbocycles. The molecule has 0 spiro atoms. The van der Waals surface area contributed by atoms with Crippen molar-refractivity contribution in [1.82, 2.24) is 0 Å². The van der Waals surface area contributed by atoms with Gasteiger partial charge in [0.05, 0.1) is 10.5 Å². The second-order valence-corrected chi connectivity index (χ2v) is 5.01. The number of nitrogens with one attached hydrogen (secondary N) is 1. The normalized spacial score (nSPS) is 10.6. The topological polar surface area (TPSA) is 72.2 Å². The smallest absolute Gasteiger partial charge is 0.276 e. The molecular formula is C16H13ClN2O3. The van der Waals surface area contributed by atoms with Gasteiger partial charge >= 0.3 is 0 Å². The summed E-state index contributed by atoms with van der Waals surface area (Å²) in [5, 5.41) is 14.1. The summed E-state index contributed by atoms with van der Waals surface area (Å²) in [7, 11) is 0. The third-order valence-corrected chi connectivity index (χ3v) is 3.39. The Balaban J connectivity index is 2.12. The van der Waals surface area contributed by atoms with Gasteiger partial charge in [0.15, 0.2) is 0 Å². The molecule has 0 bridgehead atoms. The summed E-state index contributed by atoms with van der Waals surface area (Å²) >= 11 is 5.98. The minimum Gasteiger partial charge on any atom is -0.322 e. The highest BCUT2D eigenvalue weighted by molar-refractivity contribution is 6.31. The minimum atomic E-state index is -0.489. The van der Waals surface area contributed by atoms with E-state index in [1.807, 2.05) is 6.92 Å². The van der Waals surface area contributed by atoms with Gasteiger partial charge < -0.3 is 5.32 Å². The number of hydrogen-bond donors (Lipinski definition) is 1. The molecule has 5 nitrogen and oxygen atoms in total. The molecule has 112 valence electrons. The van der Waals surface area contributed by atoms with Crippen molar-refractivity contribution >= 4 is 35.0 Å². The number of carbonyl (C=O) groups is 1. The number of anilines is 1. The Kier molecular flexibility index (Phi) is 4.91. The average molecular weight is 317 g/mol. The molecule has 0 heterocycles. The minimum absolute atomic E-state index is 0.0510. The van der Waals surface area contributed by atoms with E-state index in [2.05, 4.69) is 5.32 Å². The van der Waals surface area contributed by atoms with Gasteiger partial charge in [-0.05, 0) is 36.8 Å². The summed E-state index contributed by atoms with van der Waals surface area (Å²) in [6.45, 7) is 1.86. The third kappa shape index (κ3) is 3.93. The van der Waals surface area contributed by atoms with E-state index < -0.39 is 10.8 Å². The molecule has 0 aliphatic carbocycles. The molecule has 6 heteroatoms. The number of nitro benzene ring substituents is 1. The Bertz CT molecular complexity index is 757. The Morgan fingerprint density at radius 2 is 2.00 bits per heavy atom. The lowest BCUT2D eigenvalue weighted by Crippen LogP contribution is -2.07. The van der Waals surface area contributed by atoms with Crippen molar-refractivity contribution in [3.8, 4) is 0 Å². The van der Waals surface area contributed by atoms with Gasteiger partial charge in [0.25, 0.3) is 5.69 Å². The van der Waals surface area contributed by atoms with E-state index in [1.54, 1.807) is 36.4 Å². The fourth-order valence-electron chi connectivity index (χ4n) is 1.81. The fourth-order valence-corrected chi connectivity index (χ4v) is 2.00. The SMILES string of the molecule is Cc1ccc(NC(=O)/C=C\c2ccccc2[N+](=O)[O-])cc1Cl. The lowest BCUT2D eigenvalue weighted by atomic mass is 10.1. The highest BCUT2D eigenvalue weighted by atomic mass is 35.5. The fraction of sp³-hybridized carbons (Fsp3) is 0.0625. The first kappa shape index (κ1) is 15.7. The first-order valence-corrected chi connectivity index (χ1v) is 6.84. The highest BCUT2D eigenvalue weighted by Gasteiger charge is 2.09. The summed E-state index contributed by atoms with van der Waals surface area (Å²) < 4.78 is 0. The average Bonchev–Trinajstić information content (AvgIpc) is 2.49. The maximum atomic E-state index is 11.9. The highest BCUT2D eigenvalue weighted by Crippen LogP contribution is 2.21. The number of aryl methyl sites for hydroxylation is 1. The molecule has 0 aliphatic rings. The summed E-state index contributed by atoms with van der Waals surface area (Å²) in [5.41, 5.74) is 1.79. The number of hydrogen-bond acceptors (Lipinski definition) is 3. The number of nitro groups is 1. The second-order valence-electron chi connectivity index (χ2n) is 4.60. The molecular weight excluding hydrogens is 304 g/mol. The molecule has 0 saturated carbocycles. The Hall–Kier alpha value is -2.66. The van der Waals surface area contributed by atoms with Gasteiger partial charge in [0, 0.05) is 22.9 Å². The number of halogens is 1. The largest absolute Gasteiger partial charge is 0.322 e. The van der Waals surface area contributed by atoms with E-state index >= 15 is 0 Å². The number of benzene rings is 2. The van der Waals surface area contributed by atoms with Crippen molar-refractivity contribution in [1.29, 1.82) is 0 Å². The number of amides is 1. The summed E-state index contributed by atoms with van der Waals surface area (Å²) in [6, 6.07) is 11.4. The Morgan fingerprint density at radius 1 is 1.27 bits per heavy atom. The molecule has 1 N–H and O–H groups in total. The number of para-hydroxylation sites is 1. The third-order valence-electron chi connectivity index (χ3n) is 2.99. The van der Waals surface area contributed by atoms with Crippen molar-refractivity contribution < 1.29 is 9.72 Å². The quantitative estimate of drug-likeness (QED) is 0.521. The van der Waals surface area contributed by atoms with E-state index in [4.69, 9.17) is 11.6 Å². The predicted molar refractivity (Wildman–Crippen MR) is 86.9 cm³/mol. The molecule has 0 aliphatic heterocycles. The van der Waals surface area contributed by atoms with Gasteiger partial charge in [0.1, 0.15) is 0 Å². The van der Waals surface area contributed by atoms with Crippen LogP contribution in [0.5, 0.6) is 0 Å². The van der Waals surface area contributed by atoms with Gasteiger partial charge in [-0.2, -0.15) is 0 Å². The van der Waals surface area contributed by atoms with Crippen molar-refractivity contribution in [3.63, 3.8) is 0 Å². The van der Waals surface area contributed by atoms with E-state index in [0.29, 0.717) is 16.3 Å². The molecule has 2 aromatic rings. The van der Waals surface area contributed by atoms with E-state index in [0.717, 1.165) is 5.56 Å².